The minimum absolute atomic E-state index is 0.128. The number of allylic oxidation sites excluding steroid dienone is 6. The molecule has 0 fully saturated rings. The Morgan fingerprint density at radius 2 is 1.50 bits per heavy atom. The number of hydrogen-bond donors (Lipinski definition) is 5. The molecule has 0 saturated heterocycles. The summed E-state index contributed by atoms with van der Waals surface area (Å²) in [5.74, 6) is -0.490. The molecule has 222 valence electrons. The van der Waals surface area contributed by atoms with Crippen LogP contribution in [-0.2, 0) is 6.42 Å². The van der Waals surface area contributed by atoms with E-state index in [2.05, 4.69) is 41.8 Å². The van der Waals surface area contributed by atoms with Gasteiger partial charge in [0.25, 0.3) is 0 Å². The molecule has 0 heterocycles. The fourth-order valence-corrected chi connectivity index (χ4v) is 7.47. The van der Waals surface area contributed by atoms with Gasteiger partial charge in [-0.1, -0.05) is 95.3 Å². The lowest BCUT2D eigenvalue weighted by molar-refractivity contribution is 0.389. The van der Waals surface area contributed by atoms with Gasteiger partial charge in [-0.25, -0.2) is 0 Å². The lowest BCUT2D eigenvalue weighted by Crippen LogP contribution is -2.34. The smallest absolute Gasteiger partial charge is 0.166 e. The van der Waals surface area contributed by atoms with Crippen LogP contribution in [0.4, 0.5) is 0 Å². The maximum Gasteiger partial charge on any atom is 0.166 e. The number of hydrogen-bond acceptors (Lipinski definition) is 5. The quantitative estimate of drug-likeness (QED) is 0.113. The topological polar surface area (TPSA) is 98.7 Å². The molecule has 5 nitrogen and oxygen atoms in total. The molecule has 46 heavy (non-hydrogen) atoms. The highest BCUT2D eigenvalue weighted by molar-refractivity contribution is 6.46. The van der Waals surface area contributed by atoms with Crippen molar-refractivity contribution in [3.8, 4) is 39.5 Å². The molecule has 3 unspecified atom stereocenters. The second kappa shape index (κ2) is 11.8. The lowest BCUT2D eigenvalue weighted by atomic mass is 9.74. The SMILES string of the molecule is [B]c1c(O)c(-c2ccccc2)c([B])c2c1Cc1c([B])c(C(C)NC(N)c3ccc(C4CC=CC5=C4C=CCC5)cc3)c(O)c(O)c1-2. The van der Waals surface area contributed by atoms with Crippen LogP contribution < -0.4 is 27.4 Å². The van der Waals surface area contributed by atoms with E-state index in [1.165, 1.54) is 16.7 Å². The Morgan fingerprint density at radius 3 is 2.24 bits per heavy atom. The van der Waals surface area contributed by atoms with E-state index < -0.39 is 12.2 Å². The molecule has 8 heteroatoms. The highest BCUT2D eigenvalue weighted by atomic mass is 16.3. The Kier molecular flexibility index (Phi) is 7.74. The molecule has 7 rings (SSSR count). The Hall–Kier alpha value is -4.39. The van der Waals surface area contributed by atoms with Crippen LogP contribution in [0.3, 0.4) is 0 Å². The zero-order chi connectivity index (χ0) is 32.3. The van der Waals surface area contributed by atoms with Crippen molar-refractivity contribution in [1.29, 1.82) is 0 Å². The van der Waals surface area contributed by atoms with E-state index in [0.717, 1.165) is 24.8 Å². The number of nitrogens with two attached hydrogens (primary N) is 1. The second-order valence-corrected chi connectivity index (χ2v) is 12.5. The van der Waals surface area contributed by atoms with E-state index in [-0.39, 0.29) is 34.6 Å². The van der Waals surface area contributed by atoms with Gasteiger partial charge in [-0.05, 0) is 77.1 Å². The van der Waals surface area contributed by atoms with Crippen molar-refractivity contribution < 1.29 is 15.3 Å². The van der Waals surface area contributed by atoms with Crippen LogP contribution in [-0.4, -0.2) is 38.9 Å². The van der Waals surface area contributed by atoms with Crippen molar-refractivity contribution in [2.75, 3.05) is 0 Å². The van der Waals surface area contributed by atoms with Crippen LogP contribution in [0.1, 0.15) is 72.1 Å². The van der Waals surface area contributed by atoms with E-state index in [0.29, 0.717) is 50.3 Å². The van der Waals surface area contributed by atoms with Crippen molar-refractivity contribution in [3.63, 3.8) is 0 Å². The molecule has 3 aliphatic rings. The third kappa shape index (κ3) is 4.83. The third-order valence-corrected chi connectivity index (χ3v) is 9.83. The van der Waals surface area contributed by atoms with Gasteiger partial charge in [0, 0.05) is 28.7 Å². The molecule has 4 aromatic carbocycles. The zero-order valence-electron chi connectivity index (χ0n) is 25.7. The summed E-state index contributed by atoms with van der Waals surface area (Å²) in [5, 5.41) is 37.2. The van der Waals surface area contributed by atoms with Gasteiger partial charge in [0.15, 0.2) is 11.5 Å². The van der Waals surface area contributed by atoms with Gasteiger partial charge in [0.2, 0.25) is 0 Å². The normalized spacial score (nSPS) is 17.8. The lowest BCUT2D eigenvalue weighted by Gasteiger charge is -2.27. The van der Waals surface area contributed by atoms with Gasteiger partial charge in [0.1, 0.15) is 29.3 Å². The van der Waals surface area contributed by atoms with E-state index in [9.17, 15) is 15.3 Å². The zero-order valence-corrected chi connectivity index (χ0v) is 25.7. The predicted molar refractivity (Wildman–Crippen MR) is 188 cm³/mol. The van der Waals surface area contributed by atoms with Crippen molar-refractivity contribution >= 4 is 39.9 Å². The minimum Gasteiger partial charge on any atom is -0.508 e. The number of rotatable bonds is 6. The molecule has 0 amide bonds. The van der Waals surface area contributed by atoms with Gasteiger partial charge in [0.05, 0.1) is 6.17 Å². The maximum atomic E-state index is 11.4. The predicted octanol–water partition coefficient (Wildman–Crippen LogP) is 4.42. The molecular formula is C38H33B3N2O3. The number of phenols is 3. The molecule has 0 aliphatic heterocycles. The molecular weight excluding hydrogens is 565 g/mol. The summed E-state index contributed by atoms with van der Waals surface area (Å²) in [6.45, 7) is 1.84. The first-order valence-electron chi connectivity index (χ1n) is 15.7. The first kappa shape index (κ1) is 30.3. The van der Waals surface area contributed by atoms with Crippen LogP contribution in [0.25, 0.3) is 22.3 Å². The molecule has 6 N–H and O–H groups in total. The van der Waals surface area contributed by atoms with Gasteiger partial charge < -0.3 is 21.1 Å². The molecule has 4 aromatic rings. The van der Waals surface area contributed by atoms with Crippen LogP contribution in [0, 0.1) is 0 Å². The van der Waals surface area contributed by atoms with Crippen LogP contribution in [0.5, 0.6) is 17.2 Å². The Labute approximate surface area is 273 Å². The average Bonchev–Trinajstić information content (AvgIpc) is 3.49. The van der Waals surface area contributed by atoms with Crippen LogP contribution in [0.15, 0.2) is 90.0 Å². The average molecular weight is 598 g/mol. The minimum atomic E-state index is -0.567. The number of nitrogens with one attached hydrogen (secondary N) is 1. The summed E-state index contributed by atoms with van der Waals surface area (Å²) < 4.78 is 0. The highest BCUT2D eigenvalue weighted by Gasteiger charge is 2.34. The number of fused-ring (bicyclic) bond motifs is 3. The van der Waals surface area contributed by atoms with Gasteiger partial charge in [-0.2, -0.15) is 0 Å². The molecule has 0 spiro atoms. The molecule has 0 bridgehead atoms. The molecule has 3 aliphatic carbocycles. The maximum absolute atomic E-state index is 11.4. The summed E-state index contributed by atoms with van der Waals surface area (Å²) in [5.41, 5.74) is 15.6. The fraction of sp³-hybridized carbons (Fsp3) is 0.211. The van der Waals surface area contributed by atoms with Crippen molar-refractivity contribution in [2.24, 2.45) is 5.73 Å². The summed E-state index contributed by atoms with van der Waals surface area (Å²) in [7, 11) is 19.8. The Bertz CT molecular complexity index is 1970. The van der Waals surface area contributed by atoms with Gasteiger partial charge in [-0.15, -0.1) is 0 Å². The van der Waals surface area contributed by atoms with Crippen molar-refractivity contribution in [1.82, 2.24) is 5.32 Å². The first-order valence-corrected chi connectivity index (χ1v) is 15.7. The first-order chi connectivity index (χ1) is 22.2. The summed E-state index contributed by atoms with van der Waals surface area (Å²) in [6, 6.07) is 17.0. The van der Waals surface area contributed by atoms with Crippen molar-refractivity contribution in [3.05, 3.63) is 118 Å². The second-order valence-electron chi connectivity index (χ2n) is 12.5. The number of aromatic hydroxyl groups is 3. The molecule has 3 atom stereocenters. The van der Waals surface area contributed by atoms with E-state index in [1.54, 1.807) is 0 Å². The monoisotopic (exact) mass is 598 g/mol. The highest BCUT2D eigenvalue weighted by Crippen LogP contribution is 2.48. The van der Waals surface area contributed by atoms with Crippen LogP contribution >= 0.6 is 0 Å². The van der Waals surface area contributed by atoms with Crippen molar-refractivity contribution in [2.45, 2.75) is 50.7 Å². The third-order valence-electron chi connectivity index (χ3n) is 9.83. The number of phenolic OH excluding ortho intramolecular Hbond substituents is 3. The molecule has 0 aromatic heterocycles. The summed E-state index contributed by atoms with van der Waals surface area (Å²) >= 11 is 0. The van der Waals surface area contributed by atoms with Crippen LogP contribution in [0.2, 0.25) is 0 Å². The van der Waals surface area contributed by atoms with Gasteiger partial charge in [-0.3, -0.25) is 5.32 Å². The van der Waals surface area contributed by atoms with Gasteiger partial charge >= 0.3 is 0 Å². The Balaban J connectivity index is 1.18. The number of benzene rings is 4. The fourth-order valence-electron chi connectivity index (χ4n) is 7.47. The standard InChI is InChI=1S/C38H33B3N2O3/c1-19(43-38(42)23-16-14-21(15-17-23)25-13-7-11-20-8-5-6-12-24(20)25)28-32(39)27-18-26-30(31(27)37(46)36(28)45)34(41)29(35(44)33(26)40)22-9-3-2-4-10-22/h2-4,6-7,9-12,14-17,19,25,38,43-46H,5,8,13,18,42H2,1H3. The molecule has 6 radical (unpaired) electrons. The Morgan fingerprint density at radius 1 is 0.783 bits per heavy atom. The summed E-state index contributed by atoms with van der Waals surface area (Å²) in [4.78, 5) is 0. The largest absolute Gasteiger partial charge is 0.508 e. The van der Waals surface area contributed by atoms with E-state index in [1.807, 2.05) is 49.4 Å². The summed E-state index contributed by atoms with van der Waals surface area (Å²) in [6.07, 6.45) is 11.9. The van der Waals surface area contributed by atoms with E-state index in [4.69, 9.17) is 29.3 Å². The van der Waals surface area contributed by atoms with E-state index >= 15 is 0 Å². The molecule has 0 saturated carbocycles.